The molecular weight excluding hydrogens is 633 g/mol. The second-order valence-electron chi connectivity index (χ2n) is 14.4. The van der Waals surface area contributed by atoms with Crippen LogP contribution in [-0.2, 0) is 38.0 Å². The molecule has 1 spiro atoms. The van der Waals surface area contributed by atoms with Crippen LogP contribution in [0, 0.1) is 6.92 Å². The standard InChI is InChI=1S/C35H41ClFN9O2/c1-22-38-31(42-48-22)30-29(36)28-20-44(13-7-15-46(28)41-30)32-25-19-43(2)35(12-5-9-23-8-3-4-10-26(23)35)17-27(25)39-33(40-32)47-21-34-11-6-14-45(34)18-24(37)16-34/h3-4,8,10,24H,5-7,9,11-21H2,1-2H3/t24-,34+,35+/m1/s1. The molecule has 0 bridgehead atoms. The number of aryl methyl sites for hydroxylation is 3. The monoisotopic (exact) mass is 673 g/mol. The molecule has 9 rings (SSSR count). The number of nitrogens with zero attached hydrogens (tertiary/aromatic N) is 9. The molecule has 13 heteroatoms. The fraction of sp³-hybridized carbons (Fsp3) is 0.571. The molecule has 0 N–H and O–H groups in total. The average Bonchev–Trinajstić information content (AvgIpc) is 3.79. The third-order valence-electron chi connectivity index (χ3n) is 11.6. The molecule has 11 nitrogen and oxygen atoms in total. The summed E-state index contributed by atoms with van der Waals surface area (Å²) in [5.41, 5.74) is 5.99. The molecule has 3 atom stereocenters. The molecule has 0 saturated carbocycles. The largest absolute Gasteiger partial charge is 0.461 e. The first-order chi connectivity index (χ1) is 23.3. The van der Waals surface area contributed by atoms with E-state index in [1.54, 1.807) is 6.92 Å². The lowest BCUT2D eigenvalue weighted by molar-refractivity contribution is 0.0714. The Morgan fingerprint density at radius 1 is 1.06 bits per heavy atom. The molecule has 0 unspecified atom stereocenters. The van der Waals surface area contributed by atoms with Crippen molar-refractivity contribution in [1.82, 2.24) is 39.7 Å². The van der Waals surface area contributed by atoms with Crippen LogP contribution >= 0.6 is 11.6 Å². The highest BCUT2D eigenvalue weighted by atomic mass is 35.5. The minimum atomic E-state index is -0.816. The van der Waals surface area contributed by atoms with Gasteiger partial charge in [-0.3, -0.25) is 14.5 Å². The first-order valence-corrected chi connectivity index (χ1v) is 17.7. The van der Waals surface area contributed by atoms with Gasteiger partial charge in [0.25, 0.3) is 0 Å². The molecule has 7 heterocycles. The lowest BCUT2D eigenvalue weighted by atomic mass is 9.71. The van der Waals surface area contributed by atoms with E-state index in [1.165, 1.54) is 11.1 Å². The SMILES string of the molecule is Cc1nc(-c2nn3c(c2Cl)CN(c2nc(OC[C@@]45CCCN4C[C@H](F)C5)nc4c2CN(C)[C@@]2(CCCc5ccccc52)C4)CCC3)no1. The molecule has 5 aliphatic rings. The van der Waals surface area contributed by atoms with Crippen LogP contribution < -0.4 is 9.64 Å². The fourth-order valence-electron chi connectivity index (χ4n) is 9.26. The summed E-state index contributed by atoms with van der Waals surface area (Å²) >= 11 is 7.01. The highest BCUT2D eigenvalue weighted by molar-refractivity contribution is 6.33. The zero-order chi connectivity index (χ0) is 32.6. The van der Waals surface area contributed by atoms with Gasteiger partial charge in [0.15, 0.2) is 5.69 Å². The molecule has 0 amide bonds. The van der Waals surface area contributed by atoms with E-state index in [0.717, 1.165) is 87.3 Å². The molecule has 4 aliphatic heterocycles. The summed E-state index contributed by atoms with van der Waals surface area (Å²) in [5.74, 6) is 1.73. The lowest BCUT2D eigenvalue weighted by Crippen LogP contribution is -2.51. The number of ether oxygens (including phenoxy) is 1. The van der Waals surface area contributed by atoms with Gasteiger partial charge >= 0.3 is 6.01 Å². The smallest absolute Gasteiger partial charge is 0.318 e. The molecule has 1 aliphatic carbocycles. The molecule has 2 saturated heterocycles. The van der Waals surface area contributed by atoms with Gasteiger partial charge in [-0.15, -0.1) is 0 Å². The second-order valence-corrected chi connectivity index (χ2v) is 14.8. The summed E-state index contributed by atoms with van der Waals surface area (Å²) in [7, 11) is 2.24. The van der Waals surface area contributed by atoms with E-state index in [4.69, 9.17) is 35.9 Å². The van der Waals surface area contributed by atoms with Gasteiger partial charge in [0.05, 0.1) is 34.0 Å². The molecule has 2 fully saturated rings. The minimum Gasteiger partial charge on any atom is -0.461 e. The number of hydrogen-bond donors (Lipinski definition) is 0. The summed E-state index contributed by atoms with van der Waals surface area (Å²) < 4.78 is 28.4. The van der Waals surface area contributed by atoms with Crippen LogP contribution in [-0.4, -0.2) is 84.7 Å². The molecule has 3 aromatic heterocycles. The summed E-state index contributed by atoms with van der Waals surface area (Å²) in [4.78, 5) is 21.8. The summed E-state index contributed by atoms with van der Waals surface area (Å²) in [6.45, 7) is 6.28. The van der Waals surface area contributed by atoms with Crippen molar-refractivity contribution in [3.8, 4) is 17.5 Å². The number of anilines is 1. The number of fused-ring (bicyclic) bond motifs is 5. The number of likely N-dealkylation sites (N-methyl/N-ethyl adjacent to an activating group) is 1. The van der Waals surface area contributed by atoms with Gasteiger partial charge in [0.2, 0.25) is 11.7 Å². The zero-order valence-electron chi connectivity index (χ0n) is 27.6. The Morgan fingerprint density at radius 2 is 1.96 bits per heavy atom. The van der Waals surface area contributed by atoms with E-state index in [0.29, 0.717) is 61.1 Å². The van der Waals surface area contributed by atoms with Gasteiger partial charge in [-0.25, -0.2) is 4.39 Å². The normalized spacial score (nSPS) is 27.1. The third-order valence-corrected chi connectivity index (χ3v) is 12.0. The number of halogens is 2. The predicted molar refractivity (Wildman–Crippen MR) is 178 cm³/mol. The van der Waals surface area contributed by atoms with Gasteiger partial charge < -0.3 is 14.2 Å². The Kier molecular flexibility index (Phi) is 7.29. The van der Waals surface area contributed by atoms with E-state index in [1.807, 2.05) is 4.68 Å². The van der Waals surface area contributed by atoms with E-state index >= 15 is 0 Å². The zero-order valence-corrected chi connectivity index (χ0v) is 28.3. The van der Waals surface area contributed by atoms with E-state index < -0.39 is 6.17 Å². The van der Waals surface area contributed by atoms with Crippen molar-refractivity contribution in [3.05, 3.63) is 63.3 Å². The van der Waals surface area contributed by atoms with Crippen molar-refractivity contribution in [1.29, 1.82) is 0 Å². The molecule has 252 valence electrons. The predicted octanol–water partition coefficient (Wildman–Crippen LogP) is 5.27. The Morgan fingerprint density at radius 3 is 2.83 bits per heavy atom. The Bertz CT molecular complexity index is 1880. The van der Waals surface area contributed by atoms with Crippen molar-refractivity contribution in [2.45, 2.75) is 95.2 Å². The van der Waals surface area contributed by atoms with E-state index in [2.05, 4.69) is 56.2 Å². The van der Waals surface area contributed by atoms with E-state index in [-0.39, 0.29) is 11.1 Å². The maximum atomic E-state index is 14.6. The fourth-order valence-corrected chi connectivity index (χ4v) is 9.54. The Balaban J connectivity index is 1.11. The van der Waals surface area contributed by atoms with Crippen molar-refractivity contribution in [3.63, 3.8) is 0 Å². The minimum absolute atomic E-state index is 0.142. The van der Waals surface area contributed by atoms with Crippen LogP contribution in [0.2, 0.25) is 5.02 Å². The van der Waals surface area contributed by atoms with Crippen molar-refractivity contribution in [2.75, 3.05) is 38.2 Å². The first-order valence-electron chi connectivity index (χ1n) is 17.3. The number of benzene rings is 1. The number of hydrogen-bond acceptors (Lipinski definition) is 10. The topological polar surface area (TPSA) is 101 Å². The van der Waals surface area contributed by atoms with Crippen LogP contribution in [0.4, 0.5) is 10.2 Å². The first kappa shape index (κ1) is 30.4. The molecule has 1 aromatic carbocycles. The van der Waals surface area contributed by atoms with Crippen LogP contribution in [0.25, 0.3) is 11.5 Å². The molecule has 4 aromatic rings. The van der Waals surface area contributed by atoms with Crippen molar-refractivity contribution < 1.29 is 13.7 Å². The number of aromatic nitrogens is 6. The van der Waals surface area contributed by atoms with Gasteiger partial charge in [-0.2, -0.15) is 20.1 Å². The second kappa shape index (κ2) is 11.5. The van der Waals surface area contributed by atoms with Gasteiger partial charge in [0, 0.05) is 51.5 Å². The van der Waals surface area contributed by atoms with Gasteiger partial charge in [0.1, 0.15) is 18.6 Å². The molecule has 0 radical (unpaired) electrons. The maximum Gasteiger partial charge on any atom is 0.318 e. The van der Waals surface area contributed by atoms with Crippen LogP contribution in [0.5, 0.6) is 6.01 Å². The van der Waals surface area contributed by atoms with Crippen LogP contribution in [0.3, 0.4) is 0 Å². The Hall–Kier alpha value is -3.61. The molecule has 48 heavy (non-hydrogen) atoms. The van der Waals surface area contributed by atoms with Gasteiger partial charge in [-0.05, 0) is 63.2 Å². The van der Waals surface area contributed by atoms with Crippen LogP contribution in [0.15, 0.2) is 28.8 Å². The number of alkyl halides is 1. The van der Waals surface area contributed by atoms with Crippen molar-refractivity contribution >= 4 is 17.4 Å². The highest BCUT2D eigenvalue weighted by Crippen LogP contribution is 2.48. The molecular formula is C35H41ClFN9O2. The summed E-state index contributed by atoms with van der Waals surface area (Å²) in [5, 5.41) is 9.40. The highest BCUT2D eigenvalue weighted by Gasteiger charge is 2.50. The average molecular weight is 674 g/mol. The van der Waals surface area contributed by atoms with E-state index in [9.17, 15) is 4.39 Å². The third kappa shape index (κ3) is 4.85. The summed E-state index contributed by atoms with van der Waals surface area (Å²) in [6, 6.07) is 9.27. The summed E-state index contributed by atoms with van der Waals surface area (Å²) in [6.07, 6.45) is 6.63. The quantitative estimate of drug-likeness (QED) is 0.279. The maximum absolute atomic E-state index is 14.6. The Labute approximate surface area is 284 Å². The van der Waals surface area contributed by atoms with Gasteiger partial charge in [-0.1, -0.05) is 41.0 Å². The lowest BCUT2D eigenvalue weighted by Gasteiger charge is -2.49. The van der Waals surface area contributed by atoms with Crippen LogP contribution in [0.1, 0.15) is 72.5 Å². The van der Waals surface area contributed by atoms with Crippen molar-refractivity contribution in [2.24, 2.45) is 0 Å². The number of rotatable bonds is 5.